The maximum atomic E-state index is 12.8. The molecule has 4 amide bonds. The number of aliphatic imine (C=N–C) groups is 1. The van der Waals surface area contributed by atoms with Gasteiger partial charge in [0.1, 0.15) is 18.8 Å². The molecule has 0 radical (unpaired) electrons. The van der Waals surface area contributed by atoms with Gasteiger partial charge in [-0.15, -0.1) is 0 Å². The number of imide groups is 2. The molecule has 9 nitrogen and oxygen atoms in total. The van der Waals surface area contributed by atoms with E-state index in [1.807, 2.05) is 6.92 Å². The molecular formula is C19H25N4O5+. The highest BCUT2D eigenvalue weighted by Gasteiger charge is 2.40. The van der Waals surface area contributed by atoms with Crippen LogP contribution in [0.15, 0.2) is 29.3 Å². The number of nitrogens with one attached hydrogen (secondary N) is 2. The number of ether oxygens (including phenoxy) is 2. The van der Waals surface area contributed by atoms with Crippen LogP contribution in [-0.2, 0) is 14.3 Å². The van der Waals surface area contributed by atoms with Crippen LogP contribution in [0.5, 0.6) is 5.75 Å². The predicted octanol–water partition coefficient (Wildman–Crippen LogP) is -0.730. The lowest BCUT2D eigenvalue weighted by molar-refractivity contribution is -0.906. The van der Waals surface area contributed by atoms with Crippen LogP contribution in [-0.4, -0.2) is 70.1 Å². The zero-order valence-corrected chi connectivity index (χ0v) is 15.8. The van der Waals surface area contributed by atoms with Gasteiger partial charge in [0.2, 0.25) is 5.91 Å². The molecule has 1 aromatic carbocycles. The Kier molecular flexibility index (Phi) is 6.72. The van der Waals surface area contributed by atoms with E-state index in [0.717, 1.165) is 37.7 Å². The number of nitrogens with zero attached hydrogens (tertiary/aromatic N) is 2. The third-order valence-corrected chi connectivity index (χ3v) is 4.66. The van der Waals surface area contributed by atoms with Crippen LogP contribution in [0.25, 0.3) is 0 Å². The van der Waals surface area contributed by atoms with Crippen molar-refractivity contribution < 1.29 is 28.8 Å². The summed E-state index contributed by atoms with van der Waals surface area (Å²) in [6, 6.07) is 5.79. The molecule has 150 valence electrons. The summed E-state index contributed by atoms with van der Waals surface area (Å²) in [5.74, 6) is -1.75. The number of amides is 4. The van der Waals surface area contributed by atoms with E-state index < -0.39 is 23.8 Å². The first-order valence-corrected chi connectivity index (χ1v) is 9.43. The van der Waals surface area contributed by atoms with Gasteiger partial charge >= 0.3 is 6.03 Å². The van der Waals surface area contributed by atoms with Gasteiger partial charge in [-0.25, -0.2) is 9.69 Å². The molecule has 0 unspecified atom stereocenters. The van der Waals surface area contributed by atoms with E-state index >= 15 is 0 Å². The highest BCUT2D eigenvalue weighted by molar-refractivity contribution is 6.32. The molecule has 2 N–H and O–H groups in total. The lowest BCUT2D eigenvalue weighted by atomic mass is 10.1. The quantitative estimate of drug-likeness (QED) is 0.473. The molecule has 2 fully saturated rings. The Morgan fingerprint density at radius 3 is 2.64 bits per heavy atom. The Hall–Kier alpha value is -2.78. The first-order valence-electron chi connectivity index (χ1n) is 9.43. The number of carbonyl (C=O) groups excluding carboxylic acids is 3. The van der Waals surface area contributed by atoms with Gasteiger partial charge in [0.15, 0.2) is 5.92 Å². The molecule has 0 aromatic heterocycles. The Balaban J connectivity index is 1.64. The lowest BCUT2D eigenvalue weighted by Crippen LogP contribution is -3.14. The first kappa shape index (κ1) is 20.0. The minimum Gasteiger partial charge on any atom is -0.494 e. The van der Waals surface area contributed by atoms with Gasteiger partial charge in [0, 0.05) is 6.21 Å². The molecule has 3 rings (SSSR count). The fraction of sp³-hybridized carbons (Fsp3) is 0.474. The normalized spacial score (nSPS) is 21.2. The van der Waals surface area contributed by atoms with Crippen molar-refractivity contribution in [2.75, 3.05) is 50.9 Å². The minimum absolute atomic E-state index is 0.370. The molecule has 28 heavy (non-hydrogen) atoms. The molecule has 1 aromatic rings. The largest absolute Gasteiger partial charge is 0.494 e. The van der Waals surface area contributed by atoms with Crippen molar-refractivity contribution in [3.63, 3.8) is 0 Å². The standard InChI is InChI=1S/C19H24N4O5/c1-2-28-15-5-3-14(4-6-15)23-18(25)16(17(24)21-19(23)26)13-20-7-8-22-9-11-27-12-10-22/h3-6,13,16H,2,7-12H2,1H3,(H,21,24,26)/p+1/t16-/m0/s1. The van der Waals surface area contributed by atoms with E-state index in [2.05, 4.69) is 10.3 Å². The van der Waals surface area contributed by atoms with Crippen LogP contribution in [0.2, 0.25) is 0 Å². The first-order chi connectivity index (χ1) is 13.6. The third-order valence-electron chi connectivity index (χ3n) is 4.66. The summed E-state index contributed by atoms with van der Waals surface area (Å²) in [5, 5.41) is 2.22. The smallest absolute Gasteiger partial charge is 0.335 e. The van der Waals surface area contributed by atoms with Crippen LogP contribution >= 0.6 is 0 Å². The summed E-state index contributed by atoms with van der Waals surface area (Å²) in [6.45, 7) is 7.03. The summed E-state index contributed by atoms with van der Waals surface area (Å²) in [5.41, 5.74) is 0.370. The number of anilines is 1. The van der Waals surface area contributed by atoms with Crippen molar-refractivity contribution in [2.45, 2.75) is 6.92 Å². The van der Waals surface area contributed by atoms with Gasteiger partial charge in [-0.05, 0) is 31.2 Å². The number of benzene rings is 1. The number of hydrogen-bond donors (Lipinski definition) is 2. The fourth-order valence-electron chi connectivity index (χ4n) is 3.14. The third kappa shape index (κ3) is 4.73. The van der Waals surface area contributed by atoms with Crippen LogP contribution < -0.4 is 19.9 Å². The summed E-state index contributed by atoms with van der Waals surface area (Å²) >= 11 is 0. The predicted molar refractivity (Wildman–Crippen MR) is 102 cm³/mol. The molecule has 0 aliphatic carbocycles. The van der Waals surface area contributed by atoms with Crippen LogP contribution in [0.3, 0.4) is 0 Å². The van der Waals surface area contributed by atoms with E-state index in [-0.39, 0.29) is 0 Å². The Labute approximate surface area is 163 Å². The highest BCUT2D eigenvalue weighted by Crippen LogP contribution is 2.23. The van der Waals surface area contributed by atoms with Crippen molar-refractivity contribution >= 4 is 29.7 Å². The van der Waals surface area contributed by atoms with Crippen molar-refractivity contribution in [1.29, 1.82) is 0 Å². The maximum Gasteiger partial charge on any atom is 0.335 e. The maximum absolute atomic E-state index is 12.8. The molecule has 2 saturated heterocycles. The van der Waals surface area contributed by atoms with Crippen molar-refractivity contribution in [2.24, 2.45) is 10.9 Å². The summed E-state index contributed by atoms with van der Waals surface area (Å²) in [7, 11) is 0. The van der Waals surface area contributed by atoms with Gasteiger partial charge < -0.3 is 14.4 Å². The van der Waals surface area contributed by atoms with Gasteiger partial charge in [-0.2, -0.15) is 0 Å². The summed E-state index contributed by atoms with van der Waals surface area (Å²) in [4.78, 5) is 43.7. The number of hydrogen-bond acceptors (Lipinski definition) is 6. The minimum atomic E-state index is -1.12. The molecular weight excluding hydrogens is 364 g/mol. The summed E-state index contributed by atoms with van der Waals surface area (Å²) in [6.07, 6.45) is 1.34. The van der Waals surface area contributed by atoms with Crippen LogP contribution in [0, 0.1) is 5.92 Å². The molecule has 2 aliphatic rings. The Morgan fingerprint density at radius 2 is 1.96 bits per heavy atom. The van der Waals surface area contributed by atoms with E-state index in [1.165, 1.54) is 11.1 Å². The second-order valence-corrected chi connectivity index (χ2v) is 6.54. The Morgan fingerprint density at radius 1 is 1.25 bits per heavy atom. The van der Waals surface area contributed by atoms with Crippen LogP contribution in [0.4, 0.5) is 10.5 Å². The zero-order valence-electron chi connectivity index (χ0n) is 15.8. The van der Waals surface area contributed by atoms with Gasteiger partial charge in [0.05, 0.1) is 38.6 Å². The number of morpholine rings is 1. The number of rotatable bonds is 7. The molecule has 2 aliphatic heterocycles. The number of urea groups is 1. The molecule has 2 heterocycles. The average Bonchev–Trinajstić information content (AvgIpc) is 2.69. The number of barbiturate groups is 1. The molecule has 0 bridgehead atoms. The topological polar surface area (TPSA) is 102 Å². The van der Waals surface area contributed by atoms with Crippen molar-refractivity contribution in [1.82, 2.24) is 5.32 Å². The second kappa shape index (κ2) is 9.43. The lowest BCUT2D eigenvalue weighted by Gasteiger charge is -2.28. The van der Waals surface area contributed by atoms with Gasteiger partial charge in [-0.3, -0.25) is 19.9 Å². The van der Waals surface area contributed by atoms with E-state index in [0.29, 0.717) is 24.6 Å². The number of carbonyl (C=O) groups is 3. The fourth-order valence-corrected chi connectivity index (χ4v) is 3.14. The van der Waals surface area contributed by atoms with Gasteiger partial charge in [0.25, 0.3) is 5.91 Å². The van der Waals surface area contributed by atoms with E-state index in [1.54, 1.807) is 24.3 Å². The van der Waals surface area contributed by atoms with Crippen molar-refractivity contribution in [3.8, 4) is 5.75 Å². The Bertz CT molecular complexity index is 743. The summed E-state index contributed by atoms with van der Waals surface area (Å²) < 4.78 is 10.7. The highest BCUT2D eigenvalue weighted by atomic mass is 16.5. The van der Waals surface area contributed by atoms with E-state index in [4.69, 9.17) is 9.47 Å². The van der Waals surface area contributed by atoms with Crippen LogP contribution in [0.1, 0.15) is 6.92 Å². The number of quaternary nitrogens is 1. The SMILES string of the molecule is CCOc1ccc(N2C(=O)NC(=O)[C@H](C=NCC[NH+]3CCOCC3)C2=O)cc1. The second-order valence-electron chi connectivity index (χ2n) is 6.54. The molecule has 0 spiro atoms. The average molecular weight is 389 g/mol. The molecule has 1 atom stereocenters. The molecule has 9 heteroatoms. The monoisotopic (exact) mass is 389 g/mol. The molecule has 0 saturated carbocycles. The zero-order chi connectivity index (χ0) is 19.9. The van der Waals surface area contributed by atoms with Crippen molar-refractivity contribution in [3.05, 3.63) is 24.3 Å². The van der Waals surface area contributed by atoms with E-state index in [9.17, 15) is 14.4 Å². The van der Waals surface area contributed by atoms with Gasteiger partial charge in [-0.1, -0.05) is 0 Å².